The molecule has 1 aromatic rings. The van der Waals surface area contributed by atoms with Gasteiger partial charge in [0.15, 0.2) is 0 Å². The lowest BCUT2D eigenvalue weighted by atomic mass is 9.90. The maximum atomic E-state index is 12.0. The first kappa shape index (κ1) is 17.2. The molecule has 0 saturated carbocycles. The van der Waals surface area contributed by atoms with Crippen LogP contribution in [-0.2, 0) is 11.3 Å². The Labute approximate surface area is 132 Å². The van der Waals surface area contributed by atoms with Crippen molar-refractivity contribution in [3.05, 3.63) is 20.8 Å². The van der Waals surface area contributed by atoms with Crippen molar-refractivity contribution in [1.82, 2.24) is 10.2 Å². The van der Waals surface area contributed by atoms with E-state index in [0.29, 0.717) is 6.54 Å². The Hall–Kier alpha value is -0.900. The lowest BCUT2D eigenvalue weighted by Gasteiger charge is -2.28. The van der Waals surface area contributed by atoms with Gasteiger partial charge < -0.3 is 5.32 Å². The molecule has 0 spiro atoms. The molecule has 20 heavy (non-hydrogen) atoms. The standard InChI is InChI=1S/C14H20BrN3OS/c1-10(2)14(3,9-16)17-13(19)8-18(4)7-11-5-6-12(15)20-11/h5-6,10H,7-8H2,1-4H3,(H,17,19)/t14-/m0/s1. The summed E-state index contributed by atoms with van der Waals surface area (Å²) in [5.41, 5.74) is -0.816. The quantitative estimate of drug-likeness (QED) is 0.851. The van der Waals surface area contributed by atoms with Crippen molar-refractivity contribution in [3.8, 4) is 6.07 Å². The van der Waals surface area contributed by atoms with Crippen molar-refractivity contribution >= 4 is 33.2 Å². The minimum atomic E-state index is -0.816. The number of likely N-dealkylation sites (N-methyl/N-ethyl adjacent to an activating group) is 1. The molecule has 0 aliphatic carbocycles. The van der Waals surface area contributed by atoms with Crippen LogP contribution in [-0.4, -0.2) is 29.9 Å². The molecule has 0 aliphatic heterocycles. The molecule has 0 unspecified atom stereocenters. The van der Waals surface area contributed by atoms with E-state index < -0.39 is 5.54 Å². The minimum Gasteiger partial charge on any atom is -0.337 e. The van der Waals surface area contributed by atoms with Crippen LogP contribution < -0.4 is 5.32 Å². The Morgan fingerprint density at radius 2 is 2.25 bits per heavy atom. The molecule has 0 radical (unpaired) electrons. The van der Waals surface area contributed by atoms with Gasteiger partial charge in [-0.1, -0.05) is 13.8 Å². The highest BCUT2D eigenvalue weighted by molar-refractivity contribution is 9.11. The Bertz CT molecular complexity index is 509. The number of amides is 1. The summed E-state index contributed by atoms with van der Waals surface area (Å²) in [6.45, 7) is 6.60. The Morgan fingerprint density at radius 1 is 1.60 bits per heavy atom. The number of nitriles is 1. The van der Waals surface area contributed by atoms with Gasteiger partial charge in [-0.3, -0.25) is 9.69 Å². The molecule has 0 aromatic carbocycles. The van der Waals surface area contributed by atoms with E-state index in [9.17, 15) is 10.1 Å². The van der Waals surface area contributed by atoms with Crippen LogP contribution in [0.25, 0.3) is 0 Å². The molecule has 6 heteroatoms. The van der Waals surface area contributed by atoms with Gasteiger partial charge in [-0.15, -0.1) is 11.3 Å². The van der Waals surface area contributed by atoms with Crippen LogP contribution >= 0.6 is 27.3 Å². The SMILES string of the molecule is CC(C)[C@](C)(C#N)NC(=O)CN(C)Cc1ccc(Br)s1. The maximum Gasteiger partial charge on any atom is 0.235 e. The molecule has 4 nitrogen and oxygen atoms in total. The van der Waals surface area contributed by atoms with Gasteiger partial charge in [0.2, 0.25) is 5.91 Å². The van der Waals surface area contributed by atoms with E-state index in [-0.39, 0.29) is 18.4 Å². The number of carbonyl (C=O) groups is 1. The molecule has 0 bridgehead atoms. The molecule has 1 rings (SSSR count). The van der Waals surface area contributed by atoms with Gasteiger partial charge in [0, 0.05) is 11.4 Å². The topological polar surface area (TPSA) is 56.1 Å². The number of nitrogens with one attached hydrogen (secondary N) is 1. The number of hydrogen-bond donors (Lipinski definition) is 1. The summed E-state index contributed by atoms with van der Waals surface area (Å²) >= 11 is 5.08. The third kappa shape index (κ3) is 4.89. The van der Waals surface area contributed by atoms with E-state index in [1.54, 1.807) is 18.3 Å². The van der Waals surface area contributed by atoms with Gasteiger partial charge in [-0.2, -0.15) is 5.26 Å². The van der Waals surface area contributed by atoms with Crippen molar-refractivity contribution in [2.45, 2.75) is 32.9 Å². The van der Waals surface area contributed by atoms with Crippen molar-refractivity contribution in [2.24, 2.45) is 5.92 Å². The van der Waals surface area contributed by atoms with E-state index in [2.05, 4.69) is 27.3 Å². The first-order valence-electron chi connectivity index (χ1n) is 6.42. The molecule has 1 N–H and O–H groups in total. The number of halogens is 1. The van der Waals surface area contributed by atoms with Crippen molar-refractivity contribution in [2.75, 3.05) is 13.6 Å². The van der Waals surface area contributed by atoms with Gasteiger partial charge in [0.05, 0.1) is 16.4 Å². The molecule has 110 valence electrons. The number of thiophene rings is 1. The molecule has 1 amide bonds. The summed E-state index contributed by atoms with van der Waals surface area (Å²) < 4.78 is 1.09. The molecule has 0 fully saturated rings. The third-order valence-corrected chi connectivity index (χ3v) is 4.86. The summed E-state index contributed by atoms with van der Waals surface area (Å²) in [6, 6.07) is 6.22. The lowest BCUT2D eigenvalue weighted by Crippen LogP contribution is -2.51. The predicted octanol–water partition coefficient (Wildman–Crippen LogP) is 3.00. The van der Waals surface area contributed by atoms with Crippen LogP contribution in [0.5, 0.6) is 0 Å². The number of carbonyl (C=O) groups excluding carboxylic acids is 1. The van der Waals surface area contributed by atoms with Crippen LogP contribution in [0.15, 0.2) is 15.9 Å². The Kier molecular flexibility index (Phi) is 6.18. The fourth-order valence-electron chi connectivity index (χ4n) is 1.63. The first-order chi connectivity index (χ1) is 9.26. The average molecular weight is 358 g/mol. The monoisotopic (exact) mass is 357 g/mol. The summed E-state index contributed by atoms with van der Waals surface area (Å²) in [6.07, 6.45) is 0. The summed E-state index contributed by atoms with van der Waals surface area (Å²) in [7, 11) is 1.90. The van der Waals surface area contributed by atoms with Gasteiger partial charge in [-0.25, -0.2) is 0 Å². The molecular formula is C14H20BrN3OS. The number of nitrogens with zero attached hydrogens (tertiary/aromatic N) is 2. The van der Waals surface area contributed by atoms with E-state index >= 15 is 0 Å². The highest BCUT2D eigenvalue weighted by Crippen LogP contribution is 2.23. The Balaban J connectivity index is 2.52. The van der Waals surface area contributed by atoms with Crippen molar-refractivity contribution in [3.63, 3.8) is 0 Å². The zero-order chi connectivity index (χ0) is 15.3. The maximum absolute atomic E-state index is 12.0. The summed E-state index contributed by atoms with van der Waals surface area (Å²) in [5.74, 6) is -0.0594. The van der Waals surface area contributed by atoms with Crippen LogP contribution in [0.1, 0.15) is 25.6 Å². The third-order valence-electron chi connectivity index (χ3n) is 3.25. The van der Waals surface area contributed by atoms with Crippen molar-refractivity contribution in [1.29, 1.82) is 5.26 Å². The van der Waals surface area contributed by atoms with E-state index in [1.165, 1.54) is 4.88 Å². The second kappa shape index (κ2) is 7.21. The molecule has 0 saturated heterocycles. The van der Waals surface area contributed by atoms with Crippen LogP contribution in [0.4, 0.5) is 0 Å². The van der Waals surface area contributed by atoms with Gasteiger partial charge >= 0.3 is 0 Å². The zero-order valence-electron chi connectivity index (χ0n) is 12.2. The van der Waals surface area contributed by atoms with Gasteiger partial charge in [0.25, 0.3) is 0 Å². The summed E-state index contributed by atoms with van der Waals surface area (Å²) in [4.78, 5) is 15.1. The smallest absolute Gasteiger partial charge is 0.235 e. The number of rotatable bonds is 6. The molecule has 0 aliphatic rings. The van der Waals surface area contributed by atoms with Crippen LogP contribution in [0.3, 0.4) is 0 Å². The zero-order valence-corrected chi connectivity index (χ0v) is 14.6. The molecule has 1 aromatic heterocycles. The van der Waals surface area contributed by atoms with E-state index in [4.69, 9.17) is 0 Å². The fourth-order valence-corrected chi connectivity index (χ4v) is 3.20. The minimum absolute atomic E-state index is 0.0648. The number of hydrogen-bond acceptors (Lipinski definition) is 4. The van der Waals surface area contributed by atoms with Gasteiger partial charge in [-0.05, 0) is 48.0 Å². The highest BCUT2D eigenvalue weighted by Gasteiger charge is 2.30. The molecule has 1 heterocycles. The Morgan fingerprint density at radius 3 is 2.70 bits per heavy atom. The van der Waals surface area contributed by atoms with E-state index in [0.717, 1.165) is 3.79 Å². The fraction of sp³-hybridized carbons (Fsp3) is 0.571. The normalized spacial score (nSPS) is 14.1. The average Bonchev–Trinajstić information content (AvgIpc) is 2.73. The second-order valence-corrected chi connectivity index (χ2v) is 7.94. The second-order valence-electron chi connectivity index (χ2n) is 5.40. The van der Waals surface area contributed by atoms with Gasteiger partial charge in [0.1, 0.15) is 5.54 Å². The van der Waals surface area contributed by atoms with Crippen LogP contribution in [0.2, 0.25) is 0 Å². The van der Waals surface area contributed by atoms with Crippen LogP contribution in [0, 0.1) is 17.2 Å². The molecular weight excluding hydrogens is 338 g/mol. The van der Waals surface area contributed by atoms with Crippen molar-refractivity contribution < 1.29 is 4.79 Å². The molecule has 1 atom stereocenters. The predicted molar refractivity (Wildman–Crippen MR) is 85.4 cm³/mol. The summed E-state index contributed by atoms with van der Waals surface area (Å²) in [5, 5.41) is 12.0. The highest BCUT2D eigenvalue weighted by atomic mass is 79.9. The largest absolute Gasteiger partial charge is 0.337 e. The lowest BCUT2D eigenvalue weighted by molar-refractivity contribution is -0.123. The van der Waals surface area contributed by atoms with E-state index in [1.807, 2.05) is 37.9 Å². The first-order valence-corrected chi connectivity index (χ1v) is 8.03.